The molecule has 0 amide bonds. The Morgan fingerprint density at radius 2 is 2.00 bits per heavy atom. The van der Waals surface area contributed by atoms with Crippen molar-refractivity contribution in [2.24, 2.45) is 7.05 Å². The van der Waals surface area contributed by atoms with Crippen molar-refractivity contribution in [3.8, 4) is 11.3 Å². The van der Waals surface area contributed by atoms with Crippen LogP contribution in [0.2, 0.25) is 0 Å². The number of aliphatic hydroxyl groups is 1. The SMILES string of the molecule is Cc1ccc(C)c(-c2cc(CO)nn2C)c1. The zero-order valence-corrected chi connectivity index (χ0v) is 9.86. The van der Waals surface area contributed by atoms with Gasteiger partial charge in [0.2, 0.25) is 0 Å². The number of aromatic nitrogens is 2. The fourth-order valence-corrected chi connectivity index (χ4v) is 1.87. The molecule has 3 heteroatoms. The molecule has 3 nitrogen and oxygen atoms in total. The minimum absolute atomic E-state index is 0.0152. The lowest BCUT2D eigenvalue weighted by Crippen LogP contribution is -1.96. The zero-order chi connectivity index (χ0) is 11.7. The summed E-state index contributed by atoms with van der Waals surface area (Å²) in [5.74, 6) is 0. The number of hydrogen-bond acceptors (Lipinski definition) is 2. The van der Waals surface area contributed by atoms with Crippen molar-refractivity contribution in [2.45, 2.75) is 20.5 Å². The molecule has 84 valence electrons. The van der Waals surface area contributed by atoms with E-state index in [0.717, 1.165) is 5.69 Å². The molecule has 0 aliphatic carbocycles. The summed E-state index contributed by atoms with van der Waals surface area (Å²) in [6, 6.07) is 8.29. The van der Waals surface area contributed by atoms with E-state index in [1.807, 2.05) is 17.8 Å². The van der Waals surface area contributed by atoms with Gasteiger partial charge in [-0.15, -0.1) is 0 Å². The molecule has 0 aliphatic heterocycles. The quantitative estimate of drug-likeness (QED) is 0.835. The number of aryl methyl sites for hydroxylation is 3. The van der Waals surface area contributed by atoms with Crippen molar-refractivity contribution in [1.29, 1.82) is 0 Å². The fourth-order valence-electron chi connectivity index (χ4n) is 1.87. The Hall–Kier alpha value is -1.61. The van der Waals surface area contributed by atoms with Gasteiger partial charge >= 0.3 is 0 Å². The third-order valence-electron chi connectivity index (χ3n) is 2.76. The minimum atomic E-state index is -0.0152. The summed E-state index contributed by atoms with van der Waals surface area (Å²) in [7, 11) is 1.90. The Balaban J connectivity index is 2.57. The summed E-state index contributed by atoms with van der Waals surface area (Å²) < 4.78 is 1.81. The summed E-state index contributed by atoms with van der Waals surface area (Å²) in [5, 5.41) is 13.3. The lowest BCUT2D eigenvalue weighted by molar-refractivity contribution is 0.275. The first-order chi connectivity index (χ1) is 7.61. The Morgan fingerprint density at radius 1 is 1.25 bits per heavy atom. The van der Waals surface area contributed by atoms with E-state index in [4.69, 9.17) is 5.11 Å². The molecule has 1 heterocycles. The van der Waals surface area contributed by atoms with Crippen molar-refractivity contribution < 1.29 is 5.11 Å². The molecule has 2 aromatic rings. The summed E-state index contributed by atoms with van der Waals surface area (Å²) in [5.41, 5.74) is 5.38. The molecule has 0 atom stereocenters. The Morgan fingerprint density at radius 3 is 2.62 bits per heavy atom. The summed E-state index contributed by atoms with van der Waals surface area (Å²) in [6.07, 6.45) is 0. The van der Waals surface area contributed by atoms with Crippen LogP contribution in [0, 0.1) is 13.8 Å². The van der Waals surface area contributed by atoms with Crippen LogP contribution in [0.5, 0.6) is 0 Å². The molecule has 0 spiro atoms. The highest BCUT2D eigenvalue weighted by Crippen LogP contribution is 2.24. The highest BCUT2D eigenvalue weighted by Gasteiger charge is 2.09. The van der Waals surface area contributed by atoms with Gasteiger partial charge in [0.05, 0.1) is 18.0 Å². The van der Waals surface area contributed by atoms with Gasteiger partial charge in [-0.3, -0.25) is 4.68 Å². The van der Waals surface area contributed by atoms with Gasteiger partial charge in [0.1, 0.15) is 0 Å². The molecule has 0 saturated carbocycles. The first kappa shape index (κ1) is 10.9. The maximum absolute atomic E-state index is 9.07. The van der Waals surface area contributed by atoms with Crippen molar-refractivity contribution in [2.75, 3.05) is 0 Å². The van der Waals surface area contributed by atoms with E-state index in [1.54, 1.807) is 0 Å². The van der Waals surface area contributed by atoms with Crippen LogP contribution in [0.4, 0.5) is 0 Å². The second kappa shape index (κ2) is 4.10. The molecule has 1 aromatic carbocycles. The van der Waals surface area contributed by atoms with E-state index in [2.05, 4.69) is 37.1 Å². The average molecular weight is 216 g/mol. The lowest BCUT2D eigenvalue weighted by Gasteiger charge is -2.07. The van der Waals surface area contributed by atoms with Crippen LogP contribution in [0.3, 0.4) is 0 Å². The molecule has 16 heavy (non-hydrogen) atoms. The topological polar surface area (TPSA) is 38.1 Å². The van der Waals surface area contributed by atoms with Gasteiger partial charge in [-0.05, 0) is 31.5 Å². The number of rotatable bonds is 2. The van der Waals surface area contributed by atoms with Gasteiger partial charge in [0, 0.05) is 12.6 Å². The third-order valence-corrected chi connectivity index (χ3v) is 2.76. The van der Waals surface area contributed by atoms with Crippen LogP contribution in [0.25, 0.3) is 11.3 Å². The molecule has 0 radical (unpaired) electrons. The molecule has 0 saturated heterocycles. The van der Waals surface area contributed by atoms with Crippen LogP contribution in [-0.4, -0.2) is 14.9 Å². The standard InChI is InChI=1S/C13H16N2O/c1-9-4-5-10(2)12(6-9)13-7-11(8-16)14-15(13)3/h4-7,16H,8H2,1-3H3. The Kier molecular flexibility index (Phi) is 2.79. The van der Waals surface area contributed by atoms with E-state index in [-0.39, 0.29) is 6.61 Å². The number of hydrogen-bond donors (Lipinski definition) is 1. The number of nitrogens with zero attached hydrogens (tertiary/aromatic N) is 2. The predicted molar refractivity (Wildman–Crippen MR) is 64.0 cm³/mol. The second-order valence-corrected chi connectivity index (χ2v) is 4.12. The Bertz CT molecular complexity index is 515. The predicted octanol–water partition coefficient (Wildman–Crippen LogP) is 2.20. The first-order valence-electron chi connectivity index (χ1n) is 5.33. The zero-order valence-electron chi connectivity index (χ0n) is 9.86. The van der Waals surface area contributed by atoms with E-state index in [1.165, 1.54) is 16.7 Å². The maximum atomic E-state index is 9.07. The molecule has 0 bridgehead atoms. The molecular weight excluding hydrogens is 200 g/mol. The summed E-state index contributed by atoms with van der Waals surface area (Å²) in [4.78, 5) is 0. The van der Waals surface area contributed by atoms with Crippen LogP contribution in [0.15, 0.2) is 24.3 Å². The number of aliphatic hydroxyl groups excluding tert-OH is 1. The molecule has 0 fully saturated rings. The molecule has 0 unspecified atom stereocenters. The van der Waals surface area contributed by atoms with Crippen molar-refractivity contribution in [3.05, 3.63) is 41.1 Å². The van der Waals surface area contributed by atoms with Gasteiger partial charge in [-0.25, -0.2) is 0 Å². The van der Waals surface area contributed by atoms with Gasteiger partial charge in [0.25, 0.3) is 0 Å². The Labute approximate surface area is 95.3 Å². The molecule has 1 N–H and O–H groups in total. The molecule has 1 aromatic heterocycles. The van der Waals surface area contributed by atoms with Gasteiger partial charge in [0.15, 0.2) is 0 Å². The van der Waals surface area contributed by atoms with Crippen LogP contribution >= 0.6 is 0 Å². The van der Waals surface area contributed by atoms with Crippen molar-refractivity contribution in [3.63, 3.8) is 0 Å². The molecular formula is C13H16N2O. The smallest absolute Gasteiger partial charge is 0.0885 e. The van der Waals surface area contributed by atoms with Gasteiger partial charge in [-0.2, -0.15) is 5.10 Å². The molecule has 2 rings (SSSR count). The van der Waals surface area contributed by atoms with Crippen LogP contribution in [-0.2, 0) is 13.7 Å². The van der Waals surface area contributed by atoms with E-state index >= 15 is 0 Å². The molecule has 0 aliphatic rings. The highest BCUT2D eigenvalue weighted by atomic mass is 16.3. The fraction of sp³-hybridized carbons (Fsp3) is 0.308. The van der Waals surface area contributed by atoms with Crippen molar-refractivity contribution >= 4 is 0 Å². The van der Waals surface area contributed by atoms with Crippen molar-refractivity contribution in [1.82, 2.24) is 9.78 Å². The van der Waals surface area contributed by atoms with Gasteiger partial charge in [-0.1, -0.05) is 17.7 Å². The monoisotopic (exact) mass is 216 g/mol. The highest BCUT2D eigenvalue weighted by molar-refractivity contribution is 5.65. The minimum Gasteiger partial charge on any atom is -0.390 e. The third kappa shape index (κ3) is 1.86. The summed E-state index contributed by atoms with van der Waals surface area (Å²) in [6.45, 7) is 4.14. The first-order valence-corrected chi connectivity index (χ1v) is 5.33. The summed E-state index contributed by atoms with van der Waals surface area (Å²) >= 11 is 0. The maximum Gasteiger partial charge on any atom is 0.0885 e. The van der Waals surface area contributed by atoms with E-state index < -0.39 is 0 Å². The average Bonchev–Trinajstić information content (AvgIpc) is 2.63. The van der Waals surface area contributed by atoms with E-state index in [9.17, 15) is 0 Å². The van der Waals surface area contributed by atoms with Gasteiger partial charge < -0.3 is 5.11 Å². The lowest BCUT2D eigenvalue weighted by atomic mass is 10.0. The van der Waals surface area contributed by atoms with Crippen LogP contribution in [0.1, 0.15) is 16.8 Å². The normalized spacial score (nSPS) is 10.8. The second-order valence-electron chi connectivity index (χ2n) is 4.12. The number of benzene rings is 1. The van der Waals surface area contributed by atoms with E-state index in [0.29, 0.717) is 5.69 Å². The van der Waals surface area contributed by atoms with Crippen LogP contribution < -0.4 is 0 Å². The largest absolute Gasteiger partial charge is 0.390 e.